The molecule has 0 spiro atoms. The van der Waals surface area contributed by atoms with E-state index in [0.29, 0.717) is 6.54 Å². The van der Waals surface area contributed by atoms with Crippen LogP contribution in [0.15, 0.2) is 24.3 Å². The van der Waals surface area contributed by atoms with Crippen molar-refractivity contribution in [2.24, 2.45) is 0 Å². The van der Waals surface area contributed by atoms with E-state index in [4.69, 9.17) is 0 Å². The number of hydrogen-bond acceptors (Lipinski definition) is 3. The average molecular weight is 248 g/mol. The molecule has 0 N–H and O–H groups in total. The summed E-state index contributed by atoms with van der Waals surface area (Å²) < 4.78 is 0. The molecule has 1 fully saturated rings. The number of rotatable bonds is 2. The number of nitrogens with zero attached hydrogens (tertiary/aromatic N) is 2. The van der Waals surface area contributed by atoms with Crippen LogP contribution in [0.2, 0.25) is 0 Å². The minimum Gasteiger partial charge on any atom is -0.294 e. The van der Waals surface area contributed by atoms with Crippen molar-refractivity contribution in [3.63, 3.8) is 0 Å². The molecule has 1 heterocycles. The third-order valence-electron chi connectivity index (χ3n) is 4.38. The third kappa shape index (κ3) is 1.90. The van der Waals surface area contributed by atoms with Crippen molar-refractivity contribution in [2.45, 2.75) is 38.3 Å². The van der Waals surface area contributed by atoms with Gasteiger partial charge in [-0.25, -0.2) is 0 Å². The molecule has 1 saturated heterocycles. The van der Waals surface area contributed by atoms with Gasteiger partial charge in [0.05, 0.1) is 12.5 Å². The lowest BCUT2D eigenvalue weighted by molar-refractivity contribution is -0.521. The fourth-order valence-corrected chi connectivity index (χ4v) is 3.04. The fraction of sp³-hybridized carbons (Fsp3) is 0.571. The summed E-state index contributed by atoms with van der Waals surface area (Å²) in [5, 5.41) is 11.3. The zero-order chi connectivity index (χ0) is 13.5. The Balaban J connectivity index is 2.51. The lowest BCUT2D eigenvalue weighted by Crippen LogP contribution is -2.39. The number of likely N-dealkylation sites (N-methyl/N-ethyl adjacent to an activating group) is 1. The van der Waals surface area contributed by atoms with Crippen LogP contribution >= 0.6 is 0 Å². The van der Waals surface area contributed by atoms with E-state index in [1.807, 2.05) is 38.2 Å². The minimum absolute atomic E-state index is 0.0568. The Bertz CT molecular complexity index is 471. The molecule has 0 radical (unpaired) electrons. The number of hydrogen-bond donors (Lipinski definition) is 0. The first-order valence-corrected chi connectivity index (χ1v) is 6.26. The summed E-state index contributed by atoms with van der Waals surface area (Å²) in [6.07, 6.45) is 0. The lowest BCUT2D eigenvalue weighted by Gasteiger charge is -2.33. The number of benzene rings is 1. The molecule has 0 amide bonds. The van der Waals surface area contributed by atoms with Gasteiger partial charge in [0, 0.05) is 10.5 Å². The van der Waals surface area contributed by atoms with Gasteiger partial charge in [0.1, 0.15) is 0 Å². The summed E-state index contributed by atoms with van der Waals surface area (Å²) in [5.41, 5.74) is 2.05. The monoisotopic (exact) mass is 248 g/mol. The van der Waals surface area contributed by atoms with Crippen LogP contribution in [-0.2, 0) is 0 Å². The van der Waals surface area contributed by atoms with Crippen molar-refractivity contribution in [1.82, 2.24) is 4.90 Å². The molecule has 2 rings (SSSR count). The smallest absolute Gasteiger partial charge is 0.234 e. The van der Waals surface area contributed by atoms with E-state index < -0.39 is 6.04 Å². The summed E-state index contributed by atoms with van der Waals surface area (Å²) in [4.78, 5) is 13.3. The molecule has 0 aromatic heterocycles. The van der Waals surface area contributed by atoms with E-state index in [0.717, 1.165) is 11.1 Å². The largest absolute Gasteiger partial charge is 0.294 e. The second-order valence-electron chi connectivity index (χ2n) is 5.72. The lowest BCUT2D eigenvalue weighted by atomic mass is 9.79. The molecule has 1 aliphatic heterocycles. The quantitative estimate of drug-likeness (QED) is 0.596. The molecule has 4 heteroatoms. The number of aryl methyl sites for hydroxylation is 1. The van der Waals surface area contributed by atoms with Crippen molar-refractivity contribution >= 4 is 0 Å². The molecule has 4 nitrogen and oxygen atoms in total. The van der Waals surface area contributed by atoms with Crippen LogP contribution in [0.5, 0.6) is 0 Å². The maximum atomic E-state index is 11.3. The molecule has 0 bridgehead atoms. The summed E-state index contributed by atoms with van der Waals surface area (Å²) >= 11 is 0. The molecular weight excluding hydrogens is 228 g/mol. The maximum absolute atomic E-state index is 11.3. The second kappa shape index (κ2) is 4.35. The summed E-state index contributed by atoms with van der Waals surface area (Å²) in [5.74, 6) is -0.0568. The number of likely N-dealkylation sites (tertiary alicyclic amines) is 1. The van der Waals surface area contributed by atoms with Crippen LogP contribution < -0.4 is 0 Å². The van der Waals surface area contributed by atoms with Crippen LogP contribution in [0.25, 0.3) is 0 Å². The number of nitro groups is 1. The van der Waals surface area contributed by atoms with Gasteiger partial charge in [-0.05, 0) is 38.9 Å². The second-order valence-corrected chi connectivity index (χ2v) is 5.72. The Hall–Kier alpha value is -1.42. The van der Waals surface area contributed by atoms with Crippen molar-refractivity contribution in [3.8, 4) is 0 Å². The Morgan fingerprint density at radius 3 is 2.56 bits per heavy atom. The van der Waals surface area contributed by atoms with Gasteiger partial charge in [0.25, 0.3) is 0 Å². The van der Waals surface area contributed by atoms with E-state index in [2.05, 4.69) is 18.7 Å². The Labute approximate surface area is 108 Å². The summed E-state index contributed by atoms with van der Waals surface area (Å²) in [7, 11) is 1.97. The standard InChI is InChI=1S/C14H20N2O2/c1-10-7-5-6-8-11(10)13-12(16(17)18)9-15(4)14(13,2)3/h5-8,12-13H,9H2,1-4H3/t12-,13?/m0/s1. The van der Waals surface area contributed by atoms with Gasteiger partial charge in [-0.1, -0.05) is 24.3 Å². The molecule has 98 valence electrons. The van der Waals surface area contributed by atoms with Crippen LogP contribution in [0, 0.1) is 17.0 Å². The Kier molecular flexibility index (Phi) is 3.15. The Morgan fingerprint density at radius 2 is 2.00 bits per heavy atom. The van der Waals surface area contributed by atoms with Crippen molar-refractivity contribution in [1.29, 1.82) is 0 Å². The van der Waals surface area contributed by atoms with Gasteiger partial charge in [-0.2, -0.15) is 0 Å². The van der Waals surface area contributed by atoms with Crippen LogP contribution in [-0.4, -0.2) is 35.0 Å². The molecule has 1 aromatic carbocycles. The predicted molar refractivity (Wildman–Crippen MR) is 71.4 cm³/mol. The van der Waals surface area contributed by atoms with E-state index in [1.165, 1.54) is 0 Å². The van der Waals surface area contributed by atoms with Gasteiger partial charge in [-0.15, -0.1) is 0 Å². The first-order chi connectivity index (χ1) is 8.35. The van der Waals surface area contributed by atoms with E-state index in [9.17, 15) is 10.1 Å². The maximum Gasteiger partial charge on any atom is 0.234 e. The predicted octanol–water partition coefficient (Wildman–Crippen LogP) is 2.45. The van der Waals surface area contributed by atoms with Crippen molar-refractivity contribution < 1.29 is 4.92 Å². The Morgan fingerprint density at radius 1 is 1.39 bits per heavy atom. The average Bonchev–Trinajstić information content (AvgIpc) is 2.52. The zero-order valence-corrected chi connectivity index (χ0v) is 11.4. The zero-order valence-electron chi connectivity index (χ0n) is 11.4. The summed E-state index contributed by atoms with van der Waals surface area (Å²) in [6, 6.07) is 7.48. The first-order valence-electron chi connectivity index (χ1n) is 6.26. The van der Waals surface area contributed by atoms with Gasteiger partial charge < -0.3 is 0 Å². The fourth-order valence-electron chi connectivity index (χ4n) is 3.04. The van der Waals surface area contributed by atoms with E-state index >= 15 is 0 Å². The molecule has 1 aromatic rings. The topological polar surface area (TPSA) is 46.4 Å². The van der Waals surface area contributed by atoms with E-state index in [1.54, 1.807) is 0 Å². The highest BCUT2D eigenvalue weighted by Gasteiger charge is 2.53. The van der Waals surface area contributed by atoms with Gasteiger partial charge in [0.15, 0.2) is 0 Å². The molecule has 1 aliphatic rings. The first kappa shape index (κ1) is 13.0. The van der Waals surface area contributed by atoms with Gasteiger partial charge >= 0.3 is 0 Å². The SMILES string of the molecule is Cc1ccccc1C1[C@@H]([N+](=O)[O-])CN(C)C1(C)C. The van der Waals surface area contributed by atoms with Gasteiger partial charge in [-0.3, -0.25) is 15.0 Å². The van der Waals surface area contributed by atoms with Crippen LogP contribution in [0.1, 0.15) is 30.9 Å². The van der Waals surface area contributed by atoms with Crippen molar-refractivity contribution in [2.75, 3.05) is 13.6 Å². The van der Waals surface area contributed by atoms with Crippen LogP contribution in [0.4, 0.5) is 0 Å². The molecule has 2 atom stereocenters. The molecule has 18 heavy (non-hydrogen) atoms. The highest BCUT2D eigenvalue weighted by atomic mass is 16.6. The third-order valence-corrected chi connectivity index (χ3v) is 4.38. The normalized spacial score (nSPS) is 27.3. The van der Waals surface area contributed by atoms with E-state index in [-0.39, 0.29) is 16.4 Å². The van der Waals surface area contributed by atoms with Gasteiger partial charge in [0.2, 0.25) is 6.04 Å². The highest BCUT2D eigenvalue weighted by Crippen LogP contribution is 2.43. The molecule has 0 saturated carbocycles. The molecule has 1 unspecified atom stereocenters. The minimum atomic E-state index is -0.522. The van der Waals surface area contributed by atoms with Crippen molar-refractivity contribution in [3.05, 3.63) is 45.5 Å². The molecular formula is C14H20N2O2. The highest BCUT2D eigenvalue weighted by molar-refractivity contribution is 5.34. The summed E-state index contributed by atoms with van der Waals surface area (Å²) in [6.45, 7) is 6.72. The molecule has 0 aliphatic carbocycles. The van der Waals surface area contributed by atoms with Crippen LogP contribution in [0.3, 0.4) is 0 Å².